The second-order valence-corrected chi connectivity index (χ2v) is 9.65. The molecule has 0 N–H and O–H groups in total. The second kappa shape index (κ2) is 9.98. The van der Waals surface area contributed by atoms with E-state index in [1.807, 2.05) is 90.7 Å². The molecule has 0 bridgehead atoms. The van der Waals surface area contributed by atoms with Gasteiger partial charge in [0, 0.05) is 56.2 Å². The van der Waals surface area contributed by atoms with Gasteiger partial charge in [-0.2, -0.15) is 12.7 Å². The van der Waals surface area contributed by atoms with Crippen LogP contribution in [0.5, 0.6) is 23.1 Å². The summed E-state index contributed by atoms with van der Waals surface area (Å²) in [7, 11) is 1.98. The summed E-state index contributed by atoms with van der Waals surface area (Å²) in [6.07, 6.45) is 7.57. The van der Waals surface area contributed by atoms with Crippen molar-refractivity contribution in [2.24, 2.45) is 0 Å². The van der Waals surface area contributed by atoms with E-state index >= 15 is 0 Å². The normalized spacial score (nSPS) is 13.3. The molecule has 0 aliphatic carbocycles. The Hall–Kier alpha value is -3.31. The number of anilines is 1. The molecular formula is C28H28N5O2Pt-3. The van der Waals surface area contributed by atoms with E-state index in [9.17, 15) is 0 Å². The SMILES string of the molecule is Cc1nc2c(Oc3cc(C(C)(C)C)ccn3)[c-]c(Oc3[c-]c(N4C=CN(C)[CH-]4)ccc3)cn2c1C.[Pt]. The molecule has 0 saturated heterocycles. The van der Waals surface area contributed by atoms with Crippen LogP contribution in [0.1, 0.15) is 37.7 Å². The Kier molecular flexibility index (Phi) is 7.14. The average molecular weight is 662 g/mol. The molecule has 36 heavy (non-hydrogen) atoms. The predicted molar refractivity (Wildman–Crippen MR) is 136 cm³/mol. The number of ether oxygens (including phenoxy) is 2. The summed E-state index contributed by atoms with van der Waals surface area (Å²) in [5.41, 5.74) is 4.55. The summed E-state index contributed by atoms with van der Waals surface area (Å²) in [6.45, 7) is 12.4. The smallest absolute Gasteiger partial charge is 0.216 e. The maximum Gasteiger partial charge on any atom is 0.216 e. The van der Waals surface area contributed by atoms with Crippen molar-refractivity contribution in [1.29, 1.82) is 0 Å². The third-order valence-corrected chi connectivity index (χ3v) is 5.90. The monoisotopic (exact) mass is 661 g/mol. The van der Waals surface area contributed by atoms with Crippen molar-refractivity contribution in [2.75, 3.05) is 11.9 Å². The van der Waals surface area contributed by atoms with E-state index in [-0.39, 0.29) is 26.5 Å². The third kappa shape index (κ3) is 5.26. The van der Waals surface area contributed by atoms with Gasteiger partial charge in [0.1, 0.15) is 0 Å². The summed E-state index contributed by atoms with van der Waals surface area (Å²) < 4.78 is 14.4. The Morgan fingerprint density at radius 1 is 1.00 bits per heavy atom. The number of hydrogen-bond donors (Lipinski definition) is 0. The van der Waals surface area contributed by atoms with Crippen LogP contribution in [0, 0.1) is 32.6 Å². The van der Waals surface area contributed by atoms with E-state index in [0.717, 1.165) is 22.6 Å². The standard InChI is InChI=1S/C28H28N5O2.Pt/c1-19-20(2)33-17-24(34-23-9-7-8-22(15-23)32-13-12-31(6)18-32)16-25(27(33)30-19)35-26-14-21(10-11-29-26)28(3,4)5;/h7-14,17-18H,1-6H3;/q-3;. The fourth-order valence-electron chi connectivity index (χ4n) is 3.78. The van der Waals surface area contributed by atoms with Crippen LogP contribution in [-0.2, 0) is 26.5 Å². The van der Waals surface area contributed by atoms with Gasteiger partial charge in [-0.1, -0.05) is 33.0 Å². The molecule has 0 radical (unpaired) electrons. The molecule has 7 nitrogen and oxygen atoms in total. The minimum atomic E-state index is -0.0247. The van der Waals surface area contributed by atoms with Crippen LogP contribution in [0.3, 0.4) is 0 Å². The van der Waals surface area contributed by atoms with Crippen LogP contribution in [-0.4, -0.2) is 26.3 Å². The van der Waals surface area contributed by atoms with Crippen molar-refractivity contribution in [3.8, 4) is 23.1 Å². The third-order valence-electron chi connectivity index (χ3n) is 5.90. The van der Waals surface area contributed by atoms with E-state index in [4.69, 9.17) is 14.5 Å². The predicted octanol–water partition coefficient (Wildman–Crippen LogP) is 6.17. The first-order valence-electron chi connectivity index (χ1n) is 11.5. The van der Waals surface area contributed by atoms with Crippen LogP contribution >= 0.6 is 0 Å². The Labute approximate surface area is 226 Å². The maximum atomic E-state index is 6.22. The van der Waals surface area contributed by atoms with Crippen molar-refractivity contribution in [2.45, 2.75) is 40.0 Å². The zero-order valence-corrected chi connectivity index (χ0v) is 23.4. The summed E-state index contributed by atoms with van der Waals surface area (Å²) in [4.78, 5) is 13.1. The van der Waals surface area contributed by atoms with E-state index in [2.05, 4.69) is 37.9 Å². The molecule has 8 heteroatoms. The number of benzene rings is 1. The first kappa shape index (κ1) is 25.8. The van der Waals surface area contributed by atoms with Gasteiger partial charge in [-0.25, -0.2) is 4.98 Å². The maximum absolute atomic E-state index is 6.22. The Bertz CT molecular complexity index is 1420. The van der Waals surface area contributed by atoms with Crippen molar-refractivity contribution >= 4 is 11.3 Å². The molecule has 4 aromatic rings. The van der Waals surface area contributed by atoms with Crippen molar-refractivity contribution in [1.82, 2.24) is 19.3 Å². The fraction of sp³-hybridized carbons (Fsp3) is 0.250. The molecule has 1 aliphatic rings. The Morgan fingerprint density at radius 3 is 2.53 bits per heavy atom. The summed E-state index contributed by atoms with van der Waals surface area (Å²) in [6, 6.07) is 16.3. The molecule has 0 fully saturated rings. The largest absolute Gasteiger partial charge is 0.510 e. The quantitative estimate of drug-likeness (QED) is 0.239. The van der Waals surface area contributed by atoms with Crippen LogP contribution in [0.25, 0.3) is 5.65 Å². The number of aryl methyl sites for hydroxylation is 2. The zero-order chi connectivity index (χ0) is 24.7. The number of nitrogens with zero attached hydrogens (tertiary/aromatic N) is 5. The molecule has 0 saturated carbocycles. The average Bonchev–Trinajstić information content (AvgIpc) is 3.37. The summed E-state index contributed by atoms with van der Waals surface area (Å²) in [5, 5.41) is 0. The molecule has 0 spiro atoms. The first-order valence-corrected chi connectivity index (χ1v) is 11.5. The molecule has 190 valence electrons. The van der Waals surface area contributed by atoms with Crippen molar-refractivity contribution < 1.29 is 30.5 Å². The second-order valence-electron chi connectivity index (χ2n) is 9.65. The molecule has 1 aromatic carbocycles. The minimum Gasteiger partial charge on any atom is -0.510 e. The van der Waals surface area contributed by atoms with Crippen molar-refractivity contribution in [3.63, 3.8) is 0 Å². The van der Waals surface area contributed by atoms with E-state index in [1.54, 1.807) is 6.20 Å². The fourth-order valence-corrected chi connectivity index (χ4v) is 3.78. The first-order chi connectivity index (χ1) is 16.7. The van der Waals surface area contributed by atoms with Gasteiger partial charge in [0.25, 0.3) is 0 Å². The Balaban J connectivity index is 0.00000304. The topological polar surface area (TPSA) is 55.1 Å². The molecule has 1 aliphatic heterocycles. The van der Waals surface area contributed by atoms with Gasteiger partial charge in [0.2, 0.25) is 5.88 Å². The number of aromatic nitrogens is 3. The van der Waals surface area contributed by atoms with E-state index < -0.39 is 0 Å². The van der Waals surface area contributed by atoms with Gasteiger partial charge in [0.05, 0.1) is 11.4 Å². The molecule has 0 atom stereocenters. The van der Waals surface area contributed by atoms with Crippen molar-refractivity contribution in [3.05, 3.63) is 90.9 Å². The molecule has 4 heterocycles. The summed E-state index contributed by atoms with van der Waals surface area (Å²) >= 11 is 0. The minimum absolute atomic E-state index is 0. The number of rotatable bonds is 5. The van der Waals surface area contributed by atoms with E-state index in [1.165, 1.54) is 0 Å². The van der Waals surface area contributed by atoms with Gasteiger partial charge in [-0.3, -0.25) is 4.98 Å². The van der Waals surface area contributed by atoms with Crippen LogP contribution in [0.4, 0.5) is 5.69 Å². The molecule has 0 amide bonds. The zero-order valence-electron chi connectivity index (χ0n) is 21.1. The molecule has 5 rings (SSSR count). The number of imidazole rings is 1. The number of pyridine rings is 2. The van der Waals surface area contributed by atoms with Gasteiger partial charge >= 0.3 is 0 Å². The van der Waals surface area contributed by atoms with Crippen LogP contribution in [0.15, 0.2) is 55.1 Å². The molecule has 0 unspecified atom stereocenters. The van der Waals surface area contributed by atoms with Gasteiger partial charge < -0.3 is 23.7 Å². The van der Waals surface area contributed by atoms with Gasteiger partial charge in [-0.15, -0.1) is 23.9 Å². The molecule has 3 aromatic heterocycles. The molecular weight excluding hydrogens is 633 g/mol. The van der Waals surface area contributed by atoms with Crippen LogP contribution < -0.4 is 14.4 Å². The van der Waals surface area contributed by atoms with Gasteiger partial charge in [-0.05, 0) is 50.3 Å². The van der Waals surface area contributed by atoms with Crippen LogP contribution in [0.2, 0.25) is 0 Å². The van der Waals surface area contributed by atoms with Gasteiger partial charge in [0.15, 0.2) is 0 Å². The number of hydrogen-bond acceptors (Lipinski definition) is 6. The Morgan fingerprint density at radius 2 is 1.81 bits per heavy atom. The number of fused-ring (bicyclic) bond motifs is 1. The summed E-state index contributed by atoms with van der Waals surface area (Å²) in [5.74, 6) is 2.00. The van der Waals surface area contributed by atoms with E-state index in [0.29, 0.717) is 28.8 Å².